The standard InChI is InChI=1S/C4H2F6S/c5-2(6)1-3(7,8)11-4(2,9)10/h1H2. The highest BCUT2D eigenvalue weighted by atomic mass is 32.2. The van der Waals surface area contributed by atoms with Gasteiger partial charge in [0.1, 0.15) is 0 Å². The largest absolute Gasteiger partial charge is 0.361 e. The number of hydrogen-bond donors (Lipinski definition) is 0. The van der Waals surface area contributed by atoms with Gasteiger partial charge in [0.05, 0.1) is 6.42 Å². The topological polar surface area (TPSA) is 0 Å². The summed E-state index contributed by atoms with van der Waals surface area (Å²) in [6.07, 6.45) is -2.09. The molecular formula is C4H2F6S. The Morgan fingerprint density at radius 1 is 0.909 bits per heavy atom. The summed E-state index contributed by atoms with van der Waals surface area (Å²) >= 11 is -1.28. The van der Waals surface area contributed by atoms with Gasteiger partial charge in [-0.2, -0.15) is 26.3 Å². The molecule has 0 nitrogen and oxygen atoms in total. The van der Waals surface area contributed by atoms with Crippen molar-refractivity contribution in [2.24, 2.45) is 0 Å². The maximum absolute atomic E-state index is 12.0. The fraction of sp³-hybridized carbons (Fsp3) is 1.00. The van der Waals surface area contributed by atoms with Gasteiger partial charge in [0.15, 0.2) is 0 Å². The van der Waals surface area contributed by atoms with Crippen molar-refractivity contribution in [3.8, 4) is 0 Å². The summed E-state index contributed by atoms with van der Waals surface area (Å²) in [5.41, 5.74) is 0. The lowest BCUT2D eigenvalue weighted by Gasteiger charge is -2.14. The monoisotopic (exact) mass is 196 g/mol. The van der Waals surface area contributed by atoms with Gasteiger partial charge in [-0.3, -0.25) is 0 Å². The number of alkyl halides is 6. The van der Waals surface area contributed by atoms with E-state index in [4.69, 9.17) is 0 Å². The van der Waals surface area contributed by atoms with Crippen LogP contribution >= 0.6 is 11.8 Å². The Bertz CT molecular complexity index is 157. The molecule has 0 amide bonds. The molecule has 0 aromatic rings. The zero-order valence-electron chi connectivity index (χ0n) is 4.88. The highest BCUT2D eigenvalue weighted by molar-refractivity contribution is 8.01. The molecule has 66 valence electrons. The van der Waals surface area contributed by atoms with Crippen LogP contribution in [-0.4, -0.2) is 16.4 Å². The van der Waals surface area contributed by atoms with E-state index in [9.17, 15) is 26.3 Å². The molecule has 0 spiro atoms. The maximum Gasteiger partial charge on any atom is 0.361 e. The van der Waals surface area contributed by atoms with E-state index in [1.54, 1.807) is 0 Å². The maximum atomic E-state index is 12.0. The molecule has 0 aromatic carbocycles. The van der Waals surface area contributed by atoms with Crippen molar-refractivity contribution < 1.29 is 26.3 Å². The van der Waals surface area contributed by atoms with Crippen molar-refractivity contribution >= 4 is 11.8 Å². The number of rotatable bonds is 0. The van der Waals surface area contributed by atoms with Gasteiger partial charge in [-0.05, 0) is 11.8 Å². The molecule has 0 radical (unpaired) electrons. The summed E-state index contributed by atoms with van der Waals surface area (Å²) in [4.78, 5) is 0. The lowest BCUT2D eigenvalue weighted by molar-refractivity contribution is -0.158. The predicted molar refractivity (Wildman–Crippen MR) is 27.0 cm³/mol. The second-order valence-corrected chi connectivity index (χ2v) is 3.45. The SMILES string of the molecule is FC1(F)CC(F)(F)C(F)(F)S1. The molecule has 11 heavy (non-hydrogen) atoms. The average Bonchev–Trinajstić information content (AvgIpc) is 1.66. The Labute approximate surface area is 61.9 Å². The molecule has 0 bridgehead atoms. The van der Waals surface area contributed by atoms with Crippen molar-refractivity contribution in [3.05, 3.63) is 0 Å². The van der Waals surface area contributed by atoms with Crippen molar-refractivity contribution in [1.82, 2.24) is 0 Å². The Hall–Kier alpha value is -0.0700. The third-order valence-corrected chi connectivity index (χ3v) is 2.13. The molecule has 0 unspecified atom stereocenters. The second kappa shape index (κ2) is 1.99. The zero-order chi connectivity index (χ0) is 8.91. The third-order valence-electron chi connectivity index (χ3n) is 1.13. The van der Waals surface area contributed by atoms with Gasteiger partial charge < -0.3 is 0 Å². The molecule has 0 aliphatic carbocycles. The van der Waals surface area contributed by atoms with Gasteiger partial charge in [0, 0.05) is 0 Å². The van der Waals surface area contributed by atoms with E-state index in [1.807, 2.05) is 0 Å². The molecule has 7 heteroatoms. The smallest absolute Gasteiger partial charge is 0.199 e. The van der Waals surface area contributed by atoms with E-state index in [-0.39, 0.29) is 0 Å². The minimum Gasteiger partial charge on any atom is -0.199 e. The van der Waals surface area contributed by atoms with Gasteiger partial charge in [0.2, 0.25) is 0 Å². The zero-order valence-corrected chi connectivity index (χ0v) is 5.70. The fourth-order valence-corrected chi connectivity index (χ4v) is 1.51. The average molecular weight is 196 g/mol. The summed E-state index contributed by atoms with van der Waals surface area (Å²) in [7, 11) is 0. The first-order chi connectivity index (χ1) is 4.66. The van der Waals surface area contributed by atoms with Crippen LogP contribution in [0.1, 0.15) is 6.42 Å². The molecular weight excluding hydrogens is 194 g/mol. The third kappa shape index (κ3) is 1.43. The Morgan fingerprint density at radius 3 is 1.45 bits per heavy atom. The normalized spacial score (nSPS) is 32.2. The first-order valence-corrected chi connectivity index (χ1v) is 3.32. The fourth-order valence-electron chi connectivity index (χ4n) is 0.660. The molecule has 1 aliphatic rings. The summed E-state index contributed by atoms with van der Waals surface area (Å²) < 4.78 is 71.7. The lowest BCUT2D eigenvalue weighted by Crippen LogP contribution is -2.31. The number of hydrogen-bond acceptors (Lipinski definition) is 1. The van der Waals surface area contributed by atoms with Crippen LogP contribution in [0.15, 0.2) is 0 Å². The molecule has 1 heterocycles. The molecule has 0 saturated carbocycles. The molecule has 1 fully saturated rings. The van der Waals surface area contributed by atoms with Crippen molar-refractivity contribution in [2.75, 3.05) is 0 Å². The minimum absolute atomic E-state index is 1.28. The van der Waals surface area contributed by atoms with E-state index in [0.29, 0.717) is 0 Å². The van der Waals surface area contributed by atoms with Crippen LogP contribution in [0.4, 0.5) is 26.3 Å². The van der Waals surface area contributed by atoms with Crippen molar-refractivity contribution in [3.63, 3.8) is 0 Å². The summed E-state index contributed by atoms with van der Waals surface area (Å²) in [5, 5.41) is -8.66. The van der Waals surface area contributed by atoms with Gasteiger partial charge in [-0.15, -0.1) is 0 Å². The number of halogens is 6. The summed E-state index contributed by atoms with van der Waals surface area (Å²) in [6.45, 7) is 0. The van der Waals surface area contributed by atoms with Gasteiger partial charge >= 0.3 is 16.4 Å². The Balaban J connectivity index is 2.89. The van der Waals surface area contributed by atoms with Gasteiger partial charge in [-0.25, -0.2) is 0 Å². The van der Waals surface area contributed by atoms with Crippen molar-refractivity contribution in [1.29, 1.82) is 0 Å². The molecule has 1 rings (SSSR count). The molecule has 0 atom stereocenters. The predicted octanol–water partition coefficient (Wildman–Crippen LogP) is 2.94. The highest BCUT2D eigenvalue weighted by Crippen LogP contribution is 2.61. The van der Waals surface area contributed by atoms with Crippen molar-refractivity contribution in [2.45, 2.75) is 22.9 Å². The van der Waals surface area contributed by atoms with E-state index in [2.05, 4.69) is 0 Å². The minimum atomic E-state index is -4.64. The van der Waals surface area contributed by atoms with Crippen LogP contribution in [-0.2, 0) is 0 Å². The highest BCUT2D eigenvalue weighted by Gasteiger charge is 2.71. The van der Waals surface area contributed by atoms with Crippen LogP contribution in [0.2, 0.25) is 0 Å². The van der Waals surface area contributed by atoms with E-state index in [1.165, 1.54) is 0 Å². The Kier molecular flexibility index (Phi) is 1.64. The quantitative estimate of drug-likeness (QED) is 0.537. The van der Waals surface area contributed by atoms with Crippen LogP contribution in [0.25, 0.3) is 0 Å². The van der Waals surface area contributed by atoms with Crippen LogP contribution < -0.4 is 0 Å². The van der Waals surface area contributed by atoms with E-state index in [0.717, 1.165) is 0 Å². The first-order valence-electron chi connectivity index (χ1n) is 2.50. The van der Waals surface area contributed by atoms with Crippen LogP contribution in [0.3, 0.4) is 0 Å². The summed E-state index contributed by atoms with van der Waals surface area (Å²) in [5.74, 6) is -4.60. The van der Waals surface area contributed by atoms with Gasteiger partial charge in [-0.1, -0.05) is 0 Å². The van der Waals surface area contributed by atoms with E-state index >= 15 is 0 Å². The van der Waals surface area contributed by atoms with Crippen LogP contribution in [0.5, 0.6) is 0 Å². The number of thioether (sulfide) groups is 1. The van der Waals surface area contributed by atoms with E-state index < -0.39 is 34.6 Å². The van der Waals surface area contributed by atoms with Crippen LogP contribution in [0, 0.1) is 0 Å². The first kappa shape index (κ1) is 9.02. The molecule has 0 aromatic heterocycles. The Morgan fingerprint density at radius 2 is 1.36 bits per heavy atom. The molecule has 0 N–H and O–H groups in total. The molecule has 1 aliphatic heterocycles. The van der Waals surface area contributed by atoms with Gasteiger partial charge in [0.25, 0.3) is 0 Å². The second-order valence-electron chi connectivity index (χ2n) is 2.14. The summed E-state index contributed by atoms with van der Waals surface area (Å²) in [6, 6.07) is 0. The lowest BCUT2D eigenvalue weighted by atomic mass is 10.2. The molecule has 1 saturated heterocycles.